The molecule has 1 amide bonds. The highest BCUT2D eigenvalue weighted by molar-refractivity contribution is 6.29. The van der Waals surface area contributed by atoms with E-state index in [1.54, 1.807) is 48.6 Å². The van der Waals surface area contributed by atoms with Crippen molar-refractivity contribution >= 4 is 23.2 Å². The van der Waals surface area contributed by atoms with Crippen LogP contribution in [0.25, 0.3) is 0 Å². The predicted molar refractivity (Wildman–Crippen MR) is 84.9 cm³/mol. The first-order chi connectivity index (χ1) is 9.79. The van der Waals surface area contributed by atoms with Gasteiger partial charge in [0, 0.05) is 41.8 Å². The average molecular weight is 304 g/mol. The minimum Gasteiger partial charge on any atom is -0.311 e. The van der Waals surface area contributed by atoms with Crippen molar-refractivity contribution in [3.05, 3.63) is 53.1 Å². The molecule has 0 aliphatic rings. The van der Waals surface area contributed by atoms with Gasteiger partial charge in [0.2, 0.25) is 0 Å². The summed E-state index contributed by atoms with van der Waals surface area (Å²) in [5, 5.41) is 0.328. The molecule has 0 N–H and O–H groups in total. The van der Waals surface area contributed by atoms with Crippen molar-refractivity contribution in [3.8, 4) is 0 Å². The number of amides is 1. The highest BCUT2D eigenvalue weighted by Gasteiger charge is 2.21. The van der Waals surface area contributed by atoms with Crippen molar-refractivity contribution in [2.24, 2.45) is 0 Å². The van der Waals surface area contributed by atoms with E-state index in [0.29, 0.717) is 10.7 Å². The lowest BCUT2D eigenvalue weighted by Crippen LogP contribution is -2.27. The molecule has 0 spiro atoms. The number of halogens is 1. The monoisotopic (exact) mass is 303 g/mol. The van der Waals surface area contributed by atoms with Crippen LogP contribution in [0.3, 0.4) is 0 Å². The first kappa shape index (κ1) is 15.4. The van der Waals surface area contributed by atoms with Gasteiger partial charge in [-0.15, -0.1) is 0 Å². The average Bonchev–Trinajstić information content (AvgIpc) is 2.45. The Morgan fingerprint density at radius 1 is 1.19 bits per heavy atom. The first-order valence-electron chi connectivity index (χ1n) is 6.65. The molecule has 0 fully saturated rings. The highest BCUT2D eigenvalue weighted by atomic mass is 35.5. The van der Waals surface area contributed by atoms with Crippen LogP contribution in [0.1, 0.15) is 36.8 Å². The molecule has 0 saturated heterocycles. The second-order valence-corrected chi connectivity index (χ2v) is 6.27. The summed E-state index contributed by atoms with van der Waals surface area (Å²) >= 11 is 6.06. The summed E-state index contributed by atoms with van der Waals surface area (Å²) in [7, 11) is 1.72. The number of aromatic nitrogens is 2. The Bertz CT molecular complexity index is 650. The van der Waals surface area contributed by atoms with E-state index in [0.717, 1.165) is 11.4 Å². The van der Waals surface area contributed by atoms with Gasteiger partial charge < -0.3 is 4.90 Å². The van der Waals surface area contributed by atoms with E-state index in [1.165, 1.54) is 0 Å². The van der Waals surface area contributed by atoms with Gasteiger partial charge in [0.25, 0.3) is 5.91 Å². The molecule has 0 saturated carbocycles. The third kappa shape index (κ3) is 3.58. The van der Waals surface area contributed by atoms with Crippen LogP contribution in [0.4, 0.5) is 5.69 Å². The maximum Gasteiger partial charge on any atom is 0.258 e. The van der Waals surface area contributed by atoms with Gasteiger partial charge in [0.05, 0.1) is 0 Å². The lowest BCUT2D eigenvalue weighted by molar-refractivity contribution is 0.0992. The summed E-state index contributed by atoms with van der Waals surface area (Å²) in [6, 6.07) is 6.96. The smallest absolute Gasteiger partial charge is 0.258 e. The Balaban J connectivity index is 2.38. The van der Waals surface area contributed by atoms with E-state index in [1.807, 2.05) is 20.8 Å². The quantitative estimate of drug-likeness (QED) is 0.795. The van der Waals surface area contributed by atoms with Crippen molar-refractivity contribution in [1.82, 2.24) is 9.97 Å². The third-order valence-corrected chi connectivity index (χ3v) is 3.36. The Labute approximate surface area is 129 Å². The van der Waals surface area contributed by atoms with Crippen LogP contribution in [0.5, 0.6) is 0 Å². The second-order valence-electron chi connectivity index (χ2n) is 5.88. The SMILES string of the molecule is CN(C(=O)c1cc(Cl)nc(C(C)(C)C)c1)c1ccncc1. The van der Waals surface area contributed by atoms with Gasteiger partial charge in [0.1, 0.15) is 5.15 Å². The molecule has 2 aromatic heterocycles. The number of rotatable bonds is 2. The Morgan fingerprint density at radius 3 is 2.38 bits per heavy atom. The summed E-state index contributed by atoms with van der Waals surface area (Å²) in [5.74, 6) is -0.129. The molecule has 5 heteroatoms. The molecule has 21 heavy (non-hydrogen) atoms. The lowest BCUT2D eigenvalue weighted by Gasteiger charge is -2.21. The molecule has 0 aliphatic heterocycles. The molecule has 0 atom stereocenters. The van der Waals surface area contributed by atoms with Gasteiger partial charge in [-0.3, -0.25) is 9.78 Å². The van der Waals surface area contributed by atoms with E-state index < -0.39 is 0 Å². The maximum absolute atomic E-state index is 12.6. The molecule has 2 rings (SSSR count). The lowest BCUT2D eigenvalue weighted by atomic mass is 9.91. The Morgan fingerprint density at radius 2 is 1.81 bits per heavy atom. The first-order valence-corrected chi connectivity index (χ1v) is 7.03. The topological polar surface area (TPSA) is 46.1 Å². The number of hydrogen-bond donors (Lipinski definition) is 0. The summed E-state index contributed by atoms with van der Waals surface area (Å²) in [6.45, 7) is 6.10. The van der Waals surface area contributed by atoms with Gasteiger partial charge in [-0.25, -0.2) is 4.98 Å². The fourth-order valence-corrected chi connectivity index (χ4v) is 2.09. The van der Waals surface area contributed by atoms with Crippen LogP contribution >= 0.6 is 11.6 Å². The van der Waals surface area contributed by atoms with Crippen LogP contribution in [0.15, 0.2) is 36.7 Å². The molecule has 0 aliphatic carbocycles. The number of carbonyl (C=O) groups excluding carboxylic acids is 1. The van der Waals surface area contributed by atoms with Gasteiger partial charge in [-0.05, 0) is 24.3 Å². The van der Waals surface area contributed by atoms with E-state index >= 15 is 0 Å². The maximum atomic E-state index is 12.6. The van der Waals surface area contributed by atoms with Gasteiger partial charge >= 0.3 is 0 Å². The minimum atomic E-state index is -0.171. The van der Waals surface area contributed by atoms with E-state index in [9.17, 15) is 4.79 Å². The molecular weight excluding hydrogens is 286 g/mol. The summed E-state index contributed by atoms with van der Waals surface area (Å²) in [4.78, 5) is 22.4. The van der Waals surface area contributed by atoms with Crippen LogP contribution in [0, 0.1) is 0 Å². The van der Waals surface area contributed by atoms with Crippen LogP contribution in [-0.4, -0.2) is 22.9 Å². The summed E-state index contributed by atoms with van der Waals surface area (Å²) in [5.41, 5.74) is 1.93. The Kier molecular flexibility index (Phi) is 4.28. The number of nitrogens with zero attached hydrogens (tertiary/aromatic N) is 3. The van der Waals surface area contributed by atoms with Crippen LogP contribution < -0.4 is 4.90 Å². The van der Waals surface area contributed by atoms with Crippen molar-refractivity contribution in [2.75, 3.05) is 11.9 Å². The molecule has 0 aromatic carbocycles. The predicted octanol–water partition coefficient (Wildman–Crippen LogP) is 3.70. The molecule has 4 nitrogen and oxygen atoms in total. The van der Waals surface area contributed by atoms with E-state index in [2.05, 4.69) is 9.97 Å². The van der Waals surface area contributed by atoms with E-state index in [4.69, 9.17) is 11.6 Å². The summed E-state index contributed by atoms with van der Waals surface area (Å²) < 4.78 is 0. The molecular formula is C16H18ClN3O. The molecule has 2 aromatic rings. The van der Waals surface area contributed by atoms with Crippen molar-refractivity contribution in [3.63, 3.8) is 0 Å². The zero-order valence-corrected chi connectivity index (χ0v) is 13.3. The highest BCUT2D eigenvalue weighted by Crippen LogP contribution is 2.24. The number of carbonyl (C=O) groups is 1. The molecule has 110 valence electrons. The fourth-order valence-electron chi connectivity index (χ4n) is 1.88. The zero-order valence-electron chi connectivity index (χ0n) is 12.6. The van der Waals surface area contributed by atoms with E-state index in [-0.39, 0.29) is 11.3 Å². The van der Waals surface area contributed by atoms with Gasteiger partial charge in [-0.1, -0.05) is 32.4 Å². The Hall–Kier alpha value is -1.94. The molecule has 0 radical (unpaired) electrons. The number of pyridine rings is 2. The molecule has 0 unspecified atom stereocenters. The summed E-state index contributed by atoms with van der Waals surface area (Å²) in [6.07, 6.45) is 3.30. The minimum absolute atomic E-state index is 0.129. The molecule has 2 heterocycles. The second kappa shape index (κ2) is 5.82. The molecule has 0 bridgehead atoms. The zero-order chi connectivity index (χ0) is 15.6. The largest absolute Gasteiger partial charge is 0.311 e. The standard InChI is InChI=1S/C16H18ClN3O/c1-16(2,3)13-9-11(10-14(17)19-13)15(21)20(4)12-5-7-18-8-6-12/h5-10H,1-4H3. The van der Waals surface area contributed by atoms with Crippen molar-refractivity contribution in [1.29, 1.82) is 0 Å². The van der Waals surface area contributed by atoms with Crippen LogP contribution in [-0.2, 0) is 5.41 Å². The van der Waals surface area contributed by atoms with Crippen molar-refractivity contribution < 1.29 is 4.79 Å². The van der Waals surface area contributed by atoms with Gasteiger partial charge in [-0.2, -0.15) is 0 Å². The number of hydrogen-bond acceptors (Lipinski definition) is 3. The van der Waals surface area contributed by atoms with Crippen molar-refractivity contribution in [2.45, 2.75) is 26.2 Å². The third-order valence-electron chi connectivity index (χ3n) is 3.16. The fraction of sp³-hybridized carbons (Fsp3) is 0.312. The number of anilines is 1. The normalized spacial score (nSPS) is 11.3. The van der Waals surface area contributed by atoms with Gasteiger partial charge in [0.15, 0.2) is 0 Å². The van der Waals surface area contributed by atoms with Crippen LogP contribution in [0.2, 0.25) is 5.15 Å².